The summed E-state index contributed by atoms with van der Waals surface area (Å²) < 4.78 is 2.19. The minimum absolute atomic E-state index is 0.103. The van der Waals surface area contributed by atoms with E-state index in [4.69, 9.17) is 12.2 Å². The molecule has 1 saturated heterocycles. The van der Waals surface area contributed by atoms with Crippen LogP contribution in [0.2, 0.25) is 0 Å². The van der Waals surface area contributed by atoms with Crippen molar-refractivity contribution in [3.8, 4) is 5.13 Å². The lowest BCUT2D eigenvalue weighted by Crippen LogP contribution is -2.29. The van der Waals surface area contributed by atoms with Crippen molar-refractivity contribution in [1.29, 1.82) is 0 Å². The highest BCUT2D eigenvalue weighted by Crippen LogP contribution is 2.44. The third-order valence-electron chi connectivity index (χ3n) is 5.96. The number of amides is 1. The van der Waals surface area contributed by atoms with Crippen LogP contribution in [0.4, 0.5) is 11.4 Å². The van der Waals surface area contributed by atoms with Gasteiger partial charge >= 0.3 is 0 Å². The molecule has 0 aliphatic carbocycles. The first-order valence-corrected chi connectivity index (χ1v) is 12.2. The molecular formula is C25H24N6OS2. The fourth-order valence-electron chi connectivity index (χ4n) is 4.57. The number of aromatic nitrogens is 3. The first-order valence-electron chi connectivity index (χ1n) is 10.9. The van der Waals surface area contributed by atoms with Crippen molar-refractivity contribution in [3.63, 3.8) is 0 Å². The standard InChI is InChI=1S/C25H24N6OS2/c1-15-14-20(16(2)30(15)25-27-12-13-34-25)23-22(21-6-4-5-11-26-21)29-24(33)31(23)19-9-7-18(8-10-19)28-17(3)32/h4-14,22-23H,1-3H3,(H,28,32)(H,29,33)/t22-,23+/m1/s1. The summed E-state index contributed by atoms with van der Waals surface area (Å²) in [6.07, 6.45) is 3.63. The number of rotatable bonds is 5. The highest BCUT2D eigenvalue weighted by Gasteiger charge is 2.42. The number of thiazole rings is 1. The average molecular weight is 489 g/mol. The first kappa shape index (κ1) is 22.2. The van der Waals surface area contributed by atoms with E-state index in [1.807, 2.05) is 54.0 Å². The van der Waals surface area contributed by atoms with Gasteiger partial charge in [0.25, 0.3) is 0 Å². The third kappa shape index (κ3) is 3.97. The molecular weight excluding hydrogens is 464 g/mol. The minimum atomic E-state index is -0.131. The van der Waals surface area contributed by atoms with Gasteiger partial charge < -0.3 is 15.5 Å². The predicted molar refractivity (Wildman–Crippen MR) is 140 cm³/mol. The van der Waals surface area contributed by atoms with Gasteiger partial charge in [0.2, 0.25) is 5.91 Å². The molecule has 1 aromatic carbocycles. The molecule has 1 aliphatic rings. The second kappa shape index (κ2) is 9.00. The van der Waals surface area contributed by atoms with Gasteiger partial charge in [-0.15, -0.1) is 11.3 Å². The molecule has 7 nitrogen and oxygen atoms in total. The van der Waals surface area contributed by atoms with Gasteiger partial charge in [0.1, 0.15) is 0 Å². The molecule has 5 rings (SSSR count). The summed E-state index contributed by atoms with van der Waals surface area (Å²) in [6.45, 7) is 5.72. The normalized spacial score (nSPS) is 17.6. The molecule has 0 unspecified atom stereocenters. The van der Waals surface area contributed by atoms with Crippen LogP contribution in [-0.2, 0) is 4.79 Å². The first-order chi connectivity index (χ1) is 16.4. The highest BCUT2D eigenvalue weighted by molar-refractivity contribution is 7.80. The summed E-state index contributed by atoms with van der Waals surface area (Å²) in [6, 6.07) is 15.6. The van der Waals surface area contributed by atoms with Crippen LogP contribution >= 0.6 is 23.6 Å². The van der Waals surface area contributed by atoms with Crippen LogP contribution in [0.25, 0.3) is 5.13 Å². The maximum absolute atomic E-state index is 11.4. The van der Waals surface area contributed by atoms with Crippen molar-refractivity contribution in [2.45, 2.75) is 32.9 Å². The Kier molecular flexibility index (Phi) is 5.89. The molecule has 0 spiro atoms. The lowest BCUT2D eigenvalue weighted by molar-refractivity contribution is -0.114. The Morgan fingerprint density at radius 2 is 1.91 bits per heavy atom. The summed E-state index contributed by atoms with van der Waals surface area (Å²) in [5, 5.41) is 9.89. The Labute approximate surface area is 207 Å². The van der Waals surface area contributed by atoms with Crippen LogP contribution in [0.15, 0.2) is 66.3 Å². The smallest absolute Gasteiger partial charge is 0.221 e. The molecule has 4 heterocycles. The lowest BCUT2D eigenvalue weighted by atomic mass is 9.96. The number of hydrogen-bond donors (Lipinski definition) is 2. The molecule has 1 fully saturated rings. The second-order valence-electron chi connectivity index (χ2n) is 8.20. The van der Waals surface area contributed by atoms with Crippen molar-refractivity contribution >= 4 is 45.9 Å². The molecule has 1 aliphatic heterocycles. The van der Waals surface area contributed by atoms with E-state index in [-0.39, 0.29) is 18.0 Å². The summed E-state index contributed by atoms with van der Waals surface area (Å²) in [5.41, 5.74) is 5.99. The zero-order valence-corrected chi connectivity index (χ0v) is 20.7. The average Bonchev–Trinajstić information content (AvgIpc) is 3.52. The van der Waals surface area contributed by atoms with Gasteiger partial charge in [0.05, 0.1) is 17.8 Å². The Bertz CT molecular complexity index is 1330. The van der Waals surface area contributed by atoms with Gasteiger partial charge in [-0.25, -0.2) is 4.98 Å². The molecule has 2 N–H and O–H groups in total. The largest absolute Gasteiger partial charge is 0.351 e. The summed E-state index contributed by atoms with van der Waals surface area (Å²) in [4.78, 5) is 22.8. The molecule has 0 bridgehead atoms. The van der Waals surface area contributed by atoms with Gasteiger partial charge in [-0.2, -0.15) is 0 Å². The summed E-state index contributed by atoms with van der Waals surface area (Å²) in [7, 11) is 0. The van der Waals surface area contributed by atoms with Gasteiger partial charge in [-0.3, -0.25) is 14.3 Å². The number of hydrogen-bond acceptors (Lipinski definition) is 5. The fraction of sp³-hybridized carbons (Fsp3) is 0.200. The van der Waals surface area contributed by atoms with E-state index in [9.17, 15) is 4.79 Å². The Balaban J connectivity index is 1.62. The van der Waals surface area contributed by atoms with Crippen LogP contribution in [0, 0.1) is 13.8 Å². The number of anilines is 2. The number of benzene rings is 1. The van der Waals surface area contributed by atoms with Crippen molar-refractivity contribution in [3.05, 3.63) is 88.9 Å². The van der Waals surface area contributed by atoms with E-state index in [2.05, 4.69) is 50.0 Å². The molecule has 4 aromatic rings. The maximum Gasteiger partial charge on any atom is 0.221 e. The van der Waals surface area contributed by atoms with Crippen molar-refractivity contribution in [2.24, 2.45) is 0 Å². The van der Waals surface area contributed by atoms with Gasteiger partial charge in [-0.1, -0.05) is 6.07 Å². The number of nitrogens with zero attached hydrogens (tertiary/aromatic N) is 4. The zero-order chi connectivity index (χ0) is 23.8. The highest BCUT2D eigenvalue weighted by atomic mass is 32.1. The molecule has 1 amide bonds. The van der Waals surface area contributed by atoms with Crippen LogP contribution in [0.3, 0.4) is 0 Å². The lowest BCUT2D eigenvalue weighted by Gasteiger charge is -2.28. The molecule has 2 atom stereocenters. The van der Waals surface area contributed by atoms with E-state index >= 15 is 0 Å². The van der Waals surface area contributed by atoms with Gasteiger partial charge in [-0.05, 0) is 74.1 Å². The predicted octanol–water partition coefficient (Wildman–Crippen LogP) is 5.08. The number of aryl methyl sites for hydroxylation is 1. The molecule has 34 heavy (non-hydrogen) atoms. The Hall–Kier alpha value is -3.56. The molecule has 172 valence electrons. The zero-order valence-electron chi connectivity index (χ0n) is 19.0. The number of thiocarbonyl (C=S) groups is 1. The van der Waals surface area contributed by atoms with E-state index in [0.29, 0.717) is 5.11 Å². The molecule has 0 saturated carbocycles. The van der Waals surface area contributed by atoms with Gasteiger partial charge in [0.15, 0.2) is 10.2 Å². The summed E-state index contributed by atoms with van der Waals surface area (Å²) in [5.74, 6) is -0.103. The molecule has 9 heteroatoms. The van der Waals surface area contributed by atoms with Crippen molar-refractivity contribution in [2.75, 3.05) is 10.2 Å². The summed E-state index contributed by atoms with van der Waals surface area (Å²) >= 11 is 7.45. The van der Waals surface area contributed by atoms with E-state index in [0.717, 1.165) is 39.2 Å². The maximum atomic E-state index is 11.4. The quantitative estimate of drug-likeness (QED) is 0.382. The van der Waals surface area contributed by atoms with Crippen molar-refractivity contribution in [1.82, 2.24) is 19.9 Å². The SMILES string of the molecule is CC(=O)Nc1ccc(N2C(=S)N[C@H](c3ccccn3)[C@@H]2c2cc(C)n(-c3nccs3)c2C)cc1. The topological polar surface area (TPSA) is 75.1 Å². The number of carbonyl (C=O) groups excluding carboxylic acids is 1. The minimum Gasteiger partial charge on any atom is -0.351 e. The third-order valence-corrected chi connectivity index (χ3v) is 7.03. The van der Waals surface area contributed by atoms with Crippen LogP contribution < -0.4 is 15.5 Å². The van der Waals surface area contributed by atoms with Crippen LogP contribution in [-0.4, -0.2) is 25.6 Å². The Morgan fingerprint density at radius 3 is 2.56 bits per heavy atom. The van der Waals surface area contributed by atoms with Crippen LogP contribution in [0.1, 0.15) is 41.7 Å². The van der Waals surface area contributed by atoms with E-state index in [1.165, 1.54) is 6.92 Å². The fourth-order valence-corrected chi connectivity index (χ4v) is 5.66. The van der Waals surface area contributed by atoms with E-state index in [1.54, 1.807) is 17.5 Å². The molecule has 3 aromatic heterocycles. The molecule has 0 radical (unpaired) electrons. The van der Waals surface area contributed by atoms with Gasteiger partial charge in [0, 0.05) is 47.5 Å². The second-order valence-corrected chi connectivity index (χ2v) is 9.46. The monoisotopic (exact) mass is 488 g/mol. The number of nitrogens with one attached hydrogen (secondary N) is 2. The van der Waals surface area contributed by atoms with Crippen molar-refractivity contribution < 1.29 is 4.79 Å². The number of carbonyl (C=O) groups is 1. The van der Waals surface area contributed by atoms with Crippen LogP contribution in [0.5, 0.6) is 0 Å². The van der Waals surface area contributed by atoms with E-state index < -0.39 is 0 Å². The number of pyridine rings is 1. The Morgan fingerprint density at radius 1 is 1.12 bits per heavy atom.